The number of hydrogen-bond acceptors (Lipinski definition) is 4. The molecule has 0 bridgehead atoms. The molecule has 1 aliphatic rings. The van der Waals surface area contributed by atoms with Gasteiger partial charge in [0.15, 0.2) is 0 Å². The van der Waals surface area contributed by atoms with Crippen LogP contribution in [0.15, 0.2) is 30.7 Å². The van der Waals surface area contributed by atoms with Crippen LogP contribution in [0.5, 0.6) is 0 Å². The van der Waals surface area contributed by atoms with E-state index in [0.717, 1.165) is 37.8 Å². The van der Waals surface area contributed by atoms with Crippen LogP contribution < -0.4 is 10.2 Å². The van der Waals surface area contributed by atoms with E-state index in [-0.39, 0.29) is 0 Å². The molecule has 2 N–H and O–H groups in total. The Morgan fingerprint density at radius 1 is 1.16 bits per heavy atom. The Morgan fingerprint density at radius 3 is 2.74 bits per heavy atom. The van der Waals surface area contributed by atoms with Crippen LogP contribution in [0.25, 0.3) is 0 Å². The van der Waals surface area contributed by atoms with Crippen molar-refractivity contribution >= 4 is 5.82 Å². The summed E-state index contributed by atoms with van der Waals surface area (Å²) in [6, 6.07) is 4.27. The number of aromatic amines is 1. The van der Waals surface area contributed by atoms with Gasteiger partial charge in [-0.1, -0.05) is 6.07 Å². The summed E-state index contributed by atoms with van der Waals surface area (Å²) in [5, 5.41) is 3.35. The number of aromatic nitrogens is 3. The molecule has 100 valence electrons. The van der Waals surface area contributed by atoms with E-state index in [1.54, 1.807) is 6.20 Å². The van der Waals surface area contributed by atoms with Crippen molar-refractivity contribution in [2.24, 2.45) is 0 Å². The fraction of sp³-hybridized carbons (Fsp3) is 0.429. The highest BCUT2D eigenvalue weighted by Crippen LogP contribution is 2.17. The summed E-state index contributed by atoms with van der Waals surface area (Å²) in [7, 11) is 0. The van der Waals surface area contributed by atoms with Gasteiger partial charge in [-0.05, 0) is 24.5 Å². The second-order valence-electron chi connectivity index (χ2n) is 4.86. The van der Waals surface area contributed by atoms with Crippen molar-refractivity contribution in [2.45, 2.75) is 25.9 Å². The van der Waals surface area contributed by atoms with Crippen LogP contribution in [0.1, 0.15) is 24.2 Å². The van der Waals surface area contributed by atoms with Gasteiger partial charge in [-0.3, -0.25) is 0 Å². The first kappa shape index (κ1) is 12.2. The maximum Gasteiger partial charge on any atom is 0.128 e. The maximum atomic E-state index is 4.54. The first-order chi connectivity index (χ1) is 9.42. The summed E-state index contributed by atoms with van der Waals surface area (Å²) in [4.78, 5) is 14.1. The lowest BCUT2D eigenvalue weighted by Gasteiger charge is -2.16. The summed E-state index contributed by atoms with van der Waals surface area (Å²) in [5.41, 5.74) is 1.20. The van der Waals surface area contributed by atoms with Crippen molar-refractivity contribution in [3.63, 3.8) is 0 Å². The zero-order valence-electron chi connectivity index (χ0n) is 11.0. The van der Waals surface area contributed by atoms with E-state index in [1.807, 2.05) is 12.4 Å². The van der Waals surface area contributed by atoms with Crippen LogP contribution in [0.2, 0.25) is 0 Å². The van der Waals surface area contributed by atoms with Gasteiger partial charge in [0, 0.05) is 38.2 Å². The first-order valence-electron chi connectivity index (χ1n) is 6.81. The normalized spacial score (nSPS) is 15.1. The van der Waals surface area contributed by atoms with Crippen molar-refractivity contribution in [2.75, 3.05) is 18.0 Å². The Bertz CT molecular complexity index is 485. The number of rotatable bonds is 5. The fourth-order valence-electron chi connectivity index (χ4n) is 2.37. The standard InChI is InChI=1S/C14H19N5/c1-2-8-19(7-1)14-4-3-12(10-18-14)9-15-11-13-16-5-6-17-13/h3-6,10,15H,1-2,7-9,11H2,(H,16,17). The Kier molecular flexibility index (Phi) is 3.74. The third-order valence-corrected chi connectivity index (χ3v) is 3.42. The molecule has 2 aromatic rings. The minimum atomic E-state index is 0.751. The number of nitrogens with zero attached hydrogens (tertiary/aromatic N) is 3. The molecular weight excluding hydrogens is 238 g/mol. The van der Waals surface area contributed by atoms with Crippen molar-refractivity contribution in [1.82, 2.24) is 20.3 Å². The quantitative estimate of drug-likeness (QED) is 0.856. The maximum absolute atomic E-state index is 4.54. The Labute approximate surface area is 113 Å². The van der Waals surface area contributed by atoms with Crippen LogP contribution >= 0.6 is 0 Å². The second kappa shape index (κ2) is 5.84. The van der Waals surface area contributed by atoms with E-state index in [1.165, 1.54) is 18.4 Å². The van der Waals surface area contributed by atoms with Gasteiger partial charge in [0.2, 0.25) is 0 Å². The average molecular weight is 257 g/mol. The molecule has 5 heteroatoms. The molecule has 0 aromatic carbocycles. The van der Waals surface area contributed by atoms with Gasteiger partial charge in [-0.25, -0.2) is 9.97 Å². The van der Waals surface area contributed by atoms with E-state index >= 15 is 0 Å². The third-order valence-electron chi connectivity index (χ3n) is 3.42. The molecule has 3 heterocycles. The summed E-state index contributed by atoms with van der Waals surface area (Å²) in [5.74, 6) is 2.06. The topological polar surface area (TPSA) is 56.8 Å². The molecule has 1 saturated heterocycles. The van der Waals surface area contributed by atoms with E-state index < -0.39 is 0 Å². The minimum absolute atomic E-state index is 0.751. The summed E-state index contributed by atoms with van der Waals surface area (Å²) in [6.07, 6.45) is 8.14. The van der Waals surface area contributed by atoms with Gasteiger partial charge in [-0.15, -0.1) is 0 Å². The van der Waals surface area contributed by atoms with E-state index in [2.05, 4.69) is 37.3 Å². The monoisotopic (exact) mass is 257 g/mol. The Hall–Kier alpha value is -1.88. The molecule has 0 atom stereocenters. The molecule has 0 aliphatic carbocycles. The highest BCUT2D eigenvalue weighted by atomic mass is 15.2. The molecule has 0 amide bonds. The largest absolute Gasteiger partial charge is 0.357 e. The van der Waals surface area contributed by atoms with E-state index in [4.69, 9.17) is 0 Å². The number of nitrogens with one attached hydrogen (secondary N) is 2. The molecule has 5 nitrogen and oxygen atoms in total. The zero-order valence-corrected chi connectivity index (χ0v) is 11.0. The fourth-order valence-corrected chi connectivity index (χ4v) is 2.37. The van der Waals surface area contributed by atoms with Crippen LogP contribution in [-0.2, 0) is 13.1 Å². The molecule has 2 aromatic heterocycles. The number of pyridine rings is 1. The van der Waals surface area contributed by atoms with Crippen molar-refractivity contribution < 1.29 is 0 Å². The second-order valence-corrected chi connectivity index (χ2v) is 4.86. The molecule has 3 rings (SSSR count). The van der Waals surface area contributed by atoms with Gasteiger partial charge in [-0.2, -0.15) is 0 Å². The number of imidazole rings is 1. The molecule has 1 aliphatic heterocycles. The third kappa shape index (κ3) is 3.12. The highest BCUT2D eigenvalue weighted by molar-refractivity contribution is 5.40. The smallest absolute Gasteiger partial charge is 0.128 e. The van der Waals surface area contributed by atoms with Gasteiger partial charge in [0.25, 0.3) is 0 Å². The predicted octanol–water partition coefficient (Wildman–Crippen LogP) is 1.69. The molecule has 19 heavy (non-hydrogen) atoms. The van der Waals surface area contributed by atoms with Gasteiger partial charge < -0.3 is 15.2 Å². The molecule has 1 fully saturated rings. The minimum Gasteiger partial charge on any atom is -0.357 e. The predicted molar refractivity (Wildman–Crippen MR) is 74.8 cm³/mol. The zero-order chi connectivity index (χ0) is 12.9. The molecule has 0 radical (unpaired) electrons. The molecule has 0 saturated carbocycles. The summed E-state index contributed by atoms with van der Waals surface area (Å²) < 4.78 is 0. The Balaban J connectivity index is 1.51. The van der Waals surface area contributed by atoms with Crippen molar-refractivity contribution in [3.8, 4) is 0 Å². The van der Waals surface area contributed by atoms with Gasteiger partial charge >= 0.3 is 0 Å². The lowest BCUT2D eigenvalue weighted by Crippen LogP contribution is -2.19. The summed E-state index contributed by atoms with van der Waals surface area (Å²) >= 11 is 0. The number of H-pyrrole nitrogens is 1. The van der Waals surface area contributed by atoms with Crippen molar-refractivity contribution in [1.29, 1.82) is 0 Å². The van der Waals surface area contributed by atoms with E-state index in [0.29, 0.717) is 0 Å². The lowest BCUT2D eigenvalue weighted by molar-refractivity contribution is 0.667. The SMILES string of the molecule is c1c[nH]c(CNCc2ccc(N3CCCC3)nc2)n1. The highest BCUT2D eigenvalue weighted by Gasteiger charge is 2.12. The lowest BCUT2D eigenvalue weighted by atomic mass is 10.2. The van der Waals surface area contributed by atoms with Crippen LogP contribution in [0.4, 0.5) is 5.82 Å². The number of anilines is 1. The molecule has 0 spiro atoms. The van der Waals surface area contributed by atoms with Crippen LogP contribution in [0, 0.1) is 0 Å². The van der Waals surface area contributed by atoms with Crippen LogP contribution in [-0.4, -0.2) is 28.0 Å². The molecular formula is C14H19N5. The Morgan fingerprint density at radius 2 is 2.05 bits per heavy atom. The average Bonchev–Trinajstić information content (AvgIpc) is 3.13. The van der Waals surface area contributed by atoms with Gasteiger partial charge in [0.05, 0.1) is 6.54 Å². The first-order valence-corrected chi connectivity index (χ1v) is 6.81. The summed E-state index contributed by atoms with van der Waals surface area (Å²) in [6.45, 7) is 3.85. The van der Waals surface area contributed by atoms with E-state index in [9.17, 15) is 0 Å². The van der Waals surface area contributed by atoms with Crippen molar-refractivity contribution in [3.05, 3.63) is 42.1 Å². The molecule has 0 unspecified atom stereocenters. The van der Waals surface area contributed by atoms with Gasteiger partial charge in [0.1, 0.15) is 11.6 Å². The van der Waals surface area contributed by atoms with Crippen LogP contribution in [0.3, 0.4) is 0 Å². The number of hydrogen-bond donors (Lipinski definition) is 2.